The molecule has 3 aromatic rings. The molecule has 30 heavy (non-hydrogen) atoms. The van der Waals surface area contributed by atoms with E-state index in [2.05, 4.69) is 4.98 Å². The number of benzene rings is 1. The minimum absolute atomic E-state index is 0.0654. The Hall–Kier alpha value is -3.46. The molecule has 1 atom stereocenters. The SMILES string of the molecule is COC(=O)C[C@H](c1cc(OC)c(O)c(OC)c1)c1c(O)nc2ccc(Cl)cn2c1=O. The molecule has 0 aliphatic heterocycles. The molecule has 2 N–H and O–H groups in total. The van der Waals surface area contributed by atoms with Gasteiger partial charge in [0, 0.05) is 12.1 Å². The number of rotatable bonds is 6. The number of carbonyl (C=O) groups is 1. The lowest BCUT2D eigenvalue weighted by Crippen LogP contribution is -2.24. The molecule has 0 bridgehead atoms. The van der Waals surface area contributed by atoms with Crippen LogP contribution in [0.4, 0.5) is 0 Å². The number of halogens is 1. The summed E-state index contributed by atoms with van der Waals surface area (Å²) in [4.78, 5) is 29.4. The molecule has 1 aromatic carbocycles. The third-order valence-electron chi connectivity index (χ3n) is 4.65. The van der Waals surface area contributed by atoms with Crippen molar-refractivity contribution in [3.8, 4) is 23.1 Å². The van der Waals surface area contributed by atoms with Gasteiger partial charge in [-0.3, -0.25) is 14.0 Å². The lowest BCUT2D eigenvalue weighted by Gasteiger charge is -2.20. The van der Waals surface area contributed by atoms with Gasteiger partial charge in [-0.05, 0) is 29.8 Å². The number of aromatic nitrogens is 2. The minimum Gasteiger partial charge on any atom is -0.502 e. The molecular formula is C20H19ClN2O7. The van der Waals surface area contributed by atoms with Crippen LogP contribution in [0.15, 0.2) is 35.3 Å². The molecule has 0 aliphatic carbocycles. The number of nitrogens with zero attached hydrogens (tertiary/aromatic N) is 2. The second kappa shape index (κ2) is 8.50. The quantitative estimate of drug-likeness (QED) is 0.568. The Labute approximate surface area is 176 Å². The van der Waals surface area contributed by atoms with Crippen LogP contribution >= 0.6 is 11.6 Å². The molecule has 3 rings (SSSR count). The Bertz CT molecular complexity index is 1150. The standard InChI is InChI=1S/C20H19ClN2O7/c1-28-13-6-10(7-14(29-2)18(13)25)12(8-16(24)30-3)17-19(26)22-15-5-4-11(21)9-23(15)20(17)27/h4-7,9,12,25-26H,8H2,1-3H3/t12-/m1/s1. The van der Waals surface area contributed by atoms with Crippen molar-refractivity contribution in [2.45, 2.75) is 12.3 Å². The van der Waals surface area contributed by atoms with Crippen LogP contribution in [0.2, 0.25) is 5.02 Å². The van der Waals surface area contributed by atoms with Gasteiger partial charge in [-0.2, -0.15) is 4.98 Å². The van der Waals surface area contributed by atoms with Crippen molar-refractivity contribution in [3.05, 3.63) is 57.0 Å². The van der Waals surface area contributed by atoms with E-state index in [0.29, 0.717) is 10.6 Å². The molecule has 0 aliphatic rings. The highest BCUT2D eigenvalue weighted by molar-refractivity contribution is 6.30. The first kappa shape index (κ1) is 21.3. The molecule has 0 unspecified atom stereocenters. The van der Waals surface area contributed by atoms with Gasteiger partial charge < -0.3 is 24.4 Å². The van der Waals surface area contributed by atoms with Crippen molar-refractivity contribution < 1.29 is 29.2 Å². The fraction of sp³-hybridized carbons (Fsp3) is 0.250. The van der Waals surface area contributed by atoms with Crippen molar-refractivity contribution in [2.24, 2.45) is 0 Å². The molecule has 158 valence electrons. The van der Waals surface area contributed by atoms with E-state index in [1.165, 1.54) is 56.2 Å². The summed E-state index contributed by atoms with van der Waals surface area (Å²) < 4.78 is 16.3. The van der Waals surface area contributed by atoms with Crippen LogP contribution in [0.3, 0.4) is 0 Å². The zero-order valence-corrected chi connectivity index (χ0v) is 17.1. The normalized spacial score (nSPS) is 11.9. The summed E-state index contributed by atoms with van der Waals surface area (Å²) in [6, 6.07) is 5.90. The fourth-order valence-electron chi connectivity index (χ4n) is 3.17. The highest BCUT2D eigenvalue weighted by Gasteiger charge is 2.29. The Morgan fingerprint density at radius 3 is 2.37 bits per heavy atom. The summed E-state index contributed by atoms with van der Waals surface area (Å²) in [5, 5.41) is 21.0. The summed E-state index contributed by atoms with van der Waals surface area (Å²) in [6.45, 7) is 0. The number of carbonyl (C=O) groups excluding carboxylic acids is 1. The molecule has 2 aromatic heterocycles. The van der Waals surface area contributed by atoms with Crippen LogP contribution < -0.4 is 15.0 Å². The monoisotopic (exact) mass is 434 g/mol. The maximum Gasteiger partial charge on any atom is 0.306 e. The van der Waals surface area contributed by atoms with E-state index in [9.17, 15) is 19.8 Å². The summed E-state index contributed by atoms with van der Waals surface area (Å²) in [7, 11) is 3.90. The number of pyridine rings is 1. The van der Waals surface area contributed by atoms with Gasteiger partial charge in [-0.25, -0.2) is 0 Å². The predicted octanol–water partition coefficient (Wildman–Crippen LogP) is 2.47. The van der Waals surface area contributed by atoms with Crippen molar-refractivity contribution >= 4 is 23.2 Å². The van der Waals surface area contributed by atoms with E-state index >= 15 is 0 Å². The lowest BCUT2D eigenvalue weighted by atomic mass is 9.89. The average molecular weight is 435 g/mol. The molecule has 2 heterocycles. The smallest absolute Gasteiger partial charge is 0.306 e. The van der Waals surface area contributed by atoms with E-state index in [1.54, 1.807) is 0 Å². The molecule has 0 saturated carbocycles. The highest BCUT2D eigenvalue weighted by Crippen LogP contribution is 2.42. The second-order valence-corrected chi connectivity index (χ2v) is 6.77. The summed E-state index contributed by atoms with van der Waals surface area (Å²) in [5.41, 5.74) is -0.207. The van der Waals surface area contributed by atoms with Crippen LogP contribution in [-0.4, -0.2) is 46.9 Å². The first-order valence-corrected chi connectivity index (χ1v) is 9.11. The number of esters is 1. The number of hydrogen-bond donors (Lipinski definition) is 2. The van der Waals surface area contributed by atoms with Gasteiger partial charge in [0.15, 0.2) is 11.5 Å². The minimum atomic E-state index is -0.975. The molecule has 10 heteroatoms. The van der Waals surface area contributed by atoms with Gasteiger partial charge in [0.1, 0.15) is 5.65 Å². The van der Waals surface area contributed by atoms with E-state index in [1.807, 2.05) is 0 Å². The maximum atomic E-state index is 13.2. The van der Waals surface area contributed by atoms with E-state index < -0.39 is 23.3 Å². The summed E-state index contributed by atoms with van der Waals surface area (Å²) >= 11 is 6.00. The zero-order valence-electron chi connectivity index (χ0n) is 16.4. The largest absolute Gasteiger partial charge is 0.502 e. The molecule has 0 saturated heterocycles. The number of phenolic OH excluding ortho intramolecular Hbond substituents is 1. The topological polar surface area (TPSA) is 120 Å². The molecule has 0 spiro atoms. The first-order valence-electron chi connectivity index (χ1n) is 8.73. The third kappa shape index (κ3) is 3.84. The number of fused-ring (bicyclic) bond motifs is 1. The average Bonchev–Trinajstić information content (AvgIpc) is 2.73. The number of ether oxygens (including phenoxy) is 3. The van der Waals surface area contributed by atoms with Gasteiger partial charge in [0.2, 0.25) is 11.6 Å². The van der Waals surface area contributed by atoms with Gasteiger partial charge in [0.05, 0.1) is 38.3 Å². The summed E-state index contributed by atoms with van der Waals surface area (Å²) in [5.74, 6) is -2.25. The Morgan fingerprint density at radius 1 is 1.17 bits per heavy atom. The molecule has 0 radical (unpaired) electrons. The zero-order chi connectivity index (χ0) is 22.0. The molecule has 9 nitrogen and oxygen atoms in total. The molecule has 0 amide bonds. The molecular weight excluding hydrogens is 416 g/mol. The highest BCUT2D eigenvalue weighted by atomic mass is 35.5. The van der Waals surface area contributed by atoms with Crippen molar-refractivity contribution in [3.63, 3.8) is 0 Å². The maximum absolute atomic E-state index is 13.2. The Kier molecular flexibility index (Phi) is 6.02. The molecule has 0 fully saturated rings. The van der Waals surface area contributed by atoms with Crippen LogP contribution in [0, 0.1) is 0 Å². The Morgan fingerprint density at radius 2 is 1.80 bits per heavy atom. The van der Waals surface area contributed by atoms with E-state index in [-0.39, 0.29) is 34.9 Å². The lowest BCUT2D eigenvalue weighted by molar-refractivity contribution is -0.140. The van der Waals surface area contributed by atoms with Crippen LogP contribution in [0.25, 0.3) is 5.65 Å². The predicted molar refractivity (Wildman–Crippen MR) is 108 cm³/mol. The number of aromatic hydroxyl groups is 2. The van der Waals surface area contributed by atoms with Crippen molar-refractivity contribution in [1.29, 1.82) is 0 Å². The second-order valence-electron chi connectivity index (χ2n) is 6.34. The van der Waals surface area contributed by atoms with Crippen molar-refractivity contribution in [2.75, 3.05) is 21.3 Å². The number of hydrogen-bond acceptors (Lipinski definition) is 8. The van der Waals surface area contributed by atoms with Gasteiger partial charge in [-0.1, -0.05) is 11.6 Å². The van der Waals surface area contributed by atoms with E-state index in [4.69, 9.17) is 25.8 Å². The van der Waals surface area contributed by atoms with Crippen LogP contribution in [0.5, 0.6) is 23.1 Å². The van der Waals surface area contributed by atoms with Crippen molar-refractivity contribution in [1.82, 2.24) is 9.38 Å². The number of methoxy groups -OCH3 is 3. The van der Waals surface area contributed by atoms with Crippen LogP contribution in [0.1, 0.15) is 23.5 Å². The van der Waals surface area contributed by atoms with Gasteiger partial charge in [0.25, 0.3) is 5.56 Å². The Balaban J connectivity index is 2.31. The fourth-order valence-corrected chi connectivity index (χ4v) is 3.33. The van der Waals surface area contributed by atoms with Gasteiger partial charge >= 0.3 is 5.97 Å². The van der Waals surface area contributed by atoms with E-state index in [0.717, 1.165) is 0 Å². The van der Waals surface area contributed by atoms with Crippen LogP contribution in [-0.2, 0) is 9.53 Å². The summed E-state index contributed by atoms with van der Waals surface area (Å²) in [6.07, 6.45) is 1.08. The number of phenols is 1. The third-order valence-corrected chi connectivity index (χ3v) is 4.88. The van der Waals surface area contributed by atoms with Gasteiger partial charge in [-0.15, -0.1) is 0 Å². The first-order chi connectivity index (χ1) is 14.3.